The number of nitrogens with zero attached hydrogens (tertiary/aromatic N) is 4. The number of hydrogen-bond acceptors (Lipinski definition) is 12. The van der Waals surface area contributed by atoms with Crippen LogP contribution in [0.5, 0.6) is 0 Å². The lowest BCUT2D eigenvalue weighted by atomic mass is 9.72. The third kappa shape index (κ3) is 14.1. The number of carbonyl (C=O) groups is 2. The van der Waals surface area contributed by atoms with Crippen LogP contribution in [0.1, 0.15) is 69.3 Å². The summed E-state index contributed by atoms with van der Waals surface area (Å²) >= 11 is 7.82. The molecule has 2 saturated heterocycles. The monoisotopic (exact) mass is 1100 g/mol. The molecule has 0 radical (unpaired) electrons. The van der Waals surface area contributed by atoms with E-state index in [-0.39, 0.29) is 36.1 Å². The predicted molar refractivity (Wildman–Crippen MR) is 285 cm³/mol. The fourth-order valence-electron chi connectivity index (χ4n) is 9.88. The van der Waals surface area contributed by atoms with Gasteiger partial charge in [0.25, 0.3) is 25.8 Å². The van der Waals surface area contributed by atoms with Crippen molar-refractivity contribution in [1.82, 2.24) is 19.4 Å². The molecule has 0 aromatic heterocycles. The van der Waals surface area contributed by atoms with Crippen molar-refractivity contribution in [2.75, 3.05) is 88.0 Å². The summed E-state index contributed by atoms with van der Waals surface area (Å²) in [5.74, 6) is -0.566. The molecule has 4 N–H and O–H groups in total. The number of sulfone groups is 1. The van der Waals surface area contributed by atoms with Crippen molar-refractivity contribution in [2.45, 2.75) is 79.6 Å². The molecular weight excluding hydrogens is 1040 g/mol. The lowest BCUT2D eigenvalue weighted by molar-refractivity contribution is -0.0436. The zero-order valence-electron chi connectivity index (χ0n) is 42.1. The first kappa shape index (κ1) is 56.9. The molecule has 74 heavy (non-hydrogen) atoms. The molecule has 402 valence electrons. The van der Waals surface area contributed by atoms with E-state index in [0.717, 1.165) is 48.4 Å². The lowest BCUT2D eigenvalue weighted by Gasteiger charge is -2.43. The topological polar surface area (TPSA) is 180 Å². The molecule has 2 amide bonds. The Morgan fingerprint density at radius 1 is 0.878 bits per heavy atom. The van der Waals surface area contributed by atoms with Crippen molar-refractivity contribution >= 4 is 72.2 Å². The first-order valence-electron chi connectivity index (χ1n) is 24.7. The van der Waals surface area contributed by atoms with Gasteiger partial charge in [0.1, 0.15) is 4.90 Å². The fraction of sp³-hybridized carbons (Fsp3) is 0.472. The Morgan fingerprint density at radius 2 is 1.54 bits per heavy atom. The molecule has 0 unspecified atom stereocenters. The molecule has 1 aliphatic carbocycles. The lowest BCUT2D eigenvalue weighted by Crippen LogP contribution is -2.55. The number of nitrogens with one attached hydrogen (secondary N) is 2. The average molecular weight is 1100 g/mol. The van der Waals surface area contributed by atoms with Gasteiger partial charge in [0.05, 0.1) is 23.2 Å². The van der Waals surface area contributed by atoms with Gasteiger partial charge >= 0.3 is 11.6 Å². The van der Waals surface area contributed by atoms with Crippen molar-refractivity contribution in [1.29, 1.82) is 0 Å². The molecule has 2 aliphatic heterocycles. The fourth-order valence-corrected chi connectivity index (χ4v) is 13.4. The van der Waals surface area contributed by atoms with Gasteiger partial charge in [-0.15, -0.1) is 11.8 Å². The van der Waals surface area contributed by atoms with Crippen LogP contribution in [0.3, 0.4) is 0 Å². The van der Waals surface area contributed by atoms with Crippen LogP contribution in [0.4, 0.5) is 29.3 Å². The number of allylic oxidation sites excluding steroid dienone is 1. The van der Waals surface area contributed by atoms with Gasteiger partial charge in [-0.2, -0.15) is 13.2 Å². The van der Waals surface area contributed by atoms with Crippen LogP contribution in [0.15, 0.2) is 117 Å². The Balaban J connectivity index is 1.02. The second-order valence-electron chi connectivity index (χ2n) is 20.8. The highest BCUT2D eigenvalue weighted by Gasteiger charge is 2.49. The summed E-state index contributed by atoms with van der Waals surface area (Å²) in [5.41, 5.74) is -2.30. The number of carboxylic acid groups (broad SMARTS) is 1. The Labute approximate surface area is 442 Å². The number of piperazine rings is 2. The normalized spacial score (nSPS) is 18.8. The van der Waals surface area contributed by atoms with Crippen LogP contribution < -0.4 is 14.9 Å². The molecule has 2 fully saturated rings. The van der Waals surface area contributed by atoms with Crippen LogP contribution in [0, 0.1) is 16.7 Å². The number of thioether (sulfide) groups is 1. The minimum absolute atomic E-state index is 0.00337. The van der Waals surface area contributed by atoms with Crippen LogP contribution >= 0.6 is 23.4 Å². The SMILES string of the molecule is CC1(C)CCC(CN2CCN(c3ccc(C(=O)NS(=O)(=O)c4ccc(NCC(C)(C)[C@@H](CCN5CCN(C(=O)O)CC5)CSc5ccccc5)c(S(=O)(=O)C(F)(F)F)c4)cc3)[C@H](CO)C2)=C(c2ccc(Cl)cc2)C1. The Morgan fingerprint density at radius 3 is 2.18 bits per heavy atom. The highest BCUT2D eigenvalue weighted by Crippen LogP contribution is 2.44. The van der Waals surface area contributed by atoms with E-state index >= 15 is 0 Å². The highest BCUT2D eigenvalue weighted by atomic mass is 35.5. The summed E-state index contributed by atoms with van der Waals surface area (Å²) in [7, 11) is -11.0. The van der Waals surface area contributed by atoms with Crippen LogP contribution in [-0.2, 0) is 19.9 Å². The maximum atomic E-state index is 14.3. The number of amides is 2. The number of halogens is 4. The molecular formula is C53H66ClF3N6O8S3. The number of aliphatic hydroxyl groups excluding tert-OH is 1. The third-order valence-corrected chi connectivity index (χ3v) is 18.9. The zero-order chi connectivity index (χ0) is 53.6. The summed E-state index contributed by atoms with van der Waals surface area (Å²) in [6.07, 6.45) is 2.62. The van der Waals surface area contributed by atoms with Crippen molar-refractivity contribution in [2.24, 2.45) is 16.7 Å². The third-order valence-electron chi connectivity index (χ3n) is 14.6. The number of carbonyl (C=O) groups excluding carboxylic acids is 1. The van der Waals surface area contributed by atoms with E-state index < -0.39 is 58.3 Å². The van der Waals surface area contributed by atoms with Gasteiger partial charge in [-0.25, -0.2) is 26.4 Å². The van der Waals surface area contributed by atoms with Gasteiger partial charge in [-0.1, -0.05) is 75.2 Å². The quantitative estimate of drug-likeness (QED) is 0.0653. The number of sulfonamides is 1. The van der Waals surface area contributed by atoms with Gasteiger partial charge < -0.3 is 25.3 Å². The van der Waals surface area contributed by atoms with Gasteiger partial charge in [0.2, 0.25) is 0 Å². The van der Waals surface area contributed by atoms with Crippen molar-refractivity contribution in [3.05, 3.63) is 119 Å². The summed E-state index contributed by atoms with van der Waals surface area (Å²) in [4.78, 5) is 31.7. The van der Waals surface area contributed by atoms with E-state index in [1.54, 1.807) is 23.9 Å². The first-order chi connectivity index (χ1) is 34.9. The molecule has 4 aromatic rings. The molecule has 0 spiro atoms. The Hall–Kier alpha value is -4.83. The molecule has 21 heteroatoms. The van der Waals surface area contributed by atoms with Crippen LogP contribution in [0.2, 0.25) is 5.02 Å². The van der Waals surface area contributed by atoms with Crippen molar-refractivity contribution < 1.29 is 49.8 Å². The number of anilines is 2. The van der Waals surface area contributed by atoms with Crippen LogP contribution in [0.25, 0.3) is 5.57 Å². The van der Waals surface area contributed by atoms with E-state index in [1.165, 1.54) is 28.2 Å². The molecule has 3 aliphatic rings. The number of rotatable bonds is 19. The maximum Gasteiger partial charge on any atom is 0.501 e. The molecule has 2 atom stereocenters. The maximum absolute atomic E-state index is 14.3. The highest BCUT2D eigenvalue weighted by molar-refractivity contribution is 7.99. The minimum atomic E-state index is -6.12. The second kappa shape index (κ2) is 23.6. The summed E-state index contributed by atoms with van der Waals surface area (Å²) in [5, 5.41) is 23.5. The van der Waals surface area contributed by atoms with Crippen molar-refractivity contribution in [3.63, 3.8) is 0 Å². The van der Waals surface area contributed by atoms with E-state index in [1.807, 2.05) is 65.9 Å². The minimum Gasteiger partial charge on any atom is -0.465 e. The van der Waals surface area contributed by atoms with E-state index in [2.05, 4.69) is 41.1 Å². The number of hydrogen-bond donors (Lipinski definition) is 4. The van der Waals surface area contributed by atoms with Crippen LogP contribution in [-0.4, -0.2) is 143 Å². The van der Waals surface area contributed by atoms with E-state index in [9.17, 15) is 49.8 Å². The summed E-state index contributed by atoms with van der Waals surface area (Å²) in [6.45, 7) is 13.3. The van der Waals surface area contributed by atoms with E-state index in [0.29, 0.717) is 81.3 Å². The molecule has 0 saturated carbocycles. The predicted octanol–water partition coefficient (Wildman–Crippen LogP) is 9.43. The zero-order valence-corrected chi connectivity index (χ0v) is 45.3. The van der Waals surface area contributed by atoms with Gasteiger partial charge in [0.15, 0.2) is 0 Å². The molecule has 14 nitrogen and oxygen atoms in total. The molecule has 7 rings (SSSR count). The second-order valence-corrected chi connectivity index (χ2v) is 26.0. The molecule has 4 aromatic carbocycles. The summed E-state index contributed by atoms with van der Waals surface area (Å²) in [6, 6.07) is 25.7. The average Bonchev–Trinajstić information content (AvgIpc) is 3.36. The largest absolute Gasteiger partial charge is 0.501 e. The first-order valence-corrected chi connectivity index (χ1v) is 29.0. The van der Waals surface area contributed by atoms with Gasteiger partial charge in [-0.05, 0) is 127 Å². The number of aliphatic hydroxyl groups is 1. The number of alkyl halides is 3. The van der Waals surface area contributed by atoms with Gasteiger partial charge in [0, 0.05) is 85.8 Å². The van der Waals surface area contributed by atoms with E-state index in [4.69, 9.17) is 11.6 Å². The van der Waals surface area contributed by atoms with Gasteiger partial charge in [-0.3, -0.25) is 14.6 Å². The summed E-state index contributed by atoms with van der Waals surface area (Å²) < 4.78 is 98.5. The Bertz CT molecular complexity index is 2870. The van der Waals surface area contributed by atoms with Crippen molar-refractivity contribution in [3.8, 4) is 0 Å². The number of benzene rings is 4. The standard InChI is InChI=1S/C53H66ClF3N6O8S3/c1-51(2)22-20-39(46(31-51)37-10-14-41(54)15-11-37)32-61-26-29-63(43(33-61)34-64)42-16-12-38(13-17-42)49(65)59-74(70,71)45-18-19-47(48(30-45)73(68,69)53(55,56)57)58-36-52(3,4)40(35-72-44-8-6-5-7-9-44)21-23-60-24-27-62(28-25-60)50(66)67/h5-19,30,40,43,58,64H,20-29,31-36H2,1-4H3,(H,59,65)(H,66,67)/t40-,43-/m0/s1. The molecule has 0 bridgehead atoms. The smallest absolute Gasteiger partial charge is 0.465 e. The Kier molecular flexibility index (Phi) is 18.1. The molecule has 2 heterocycles.